The zero-order chi connectivity index (χ0) is 14.7. The van der Waals surface area contributed by atoms with Crippen LogP contribution >= 0.6 is 15.9 Å². The Kier molecular flexibility index (Phi) is 4.72. The quantitative estimate of drug-likeness (QED) is 0.876. The molecular formula is C13H14BrFN2O3. The van der Waals surface area contributed by atoms with Gasteiger partial charge in [0, 0.05) is 13.6 Å². The van der Waals surface area contributed by atoms with E-state index in [1.165, 1.54) is 24.1 Å². The fourth-order valence-corrected chi connectivity index (χ4v) is 2.42. The third-order valence-corrected chi connectivity index (χ3v) is 3.73. The van der Waals surface area contributed by atoms with E-state index >= 15 is 0 Å². The fraction of sp³-hybridized carbons (Fsp3) is 0.385. The fourth-order valence-electron chi connectivity index (χ4n) is 2.05. The number of halogens is 2. The molecule has 5 nitrogen and oxygen atoms in total. The van der Waals surface area contributed by atoms with Crippen LogP contribution in [0.4, 0.5) is 4.39 Å². The molecule has 1 heterocycles. The van der Waals surface area contributed by atoms with Gasteiger partial charge in [0.05, 0.1) is 23.2 Å². The Hall–Kier alpha value is -1.47. The van der Waals surface area contributed by atoms with E-state index in [0.29, 0.717) is 6.61 Å². The Bertz CT molecular complexity index is 538. The monoisotopic (exact) mass is 344 g/mol. The van der Waals surface area contributed by atoms with E-state index in [1.54, 1.807) is 6.07 Å². The normalized spacial score (nSPS) is 18.8. The summed E-state index contributed by atoms with van der Waals surface area (Å²) in [7, 11) is 1.49. The summed E-state index contributed by atoms with van der Waals surface area (Å²) in [5.74, 6) is -1.46. The lowest BCUT2D eigenvalue weighted by Crippen LogP contribution is -2.55. The first kappa shape index (κ1) is 14.9. The van der Waals surface area contributed by atoms with Crippen molar-refractivity contribution in [2.75, 3.05) is 26.8 Å². The van der Waals surface area contributed by atoms with Gasteiger partial charge in [0.1, 0.15) is 11.9 Å². The van der Waals surface area contributed by atoms with Crippen molar-refractivity contribution in [3.05, 3.63) is 34.1 Å². The number of nitrogens with zero attached hydrogens (tertiary/aromatic N) is 1. The number of benzene rings is 1. The molecule has 1 N–H and O–H groups in total. The molecule has 0 aliphatic carbocycles. The lowest BCUT2D eigenvalue weighted by molar-refractivity contribution is -0.130. The highest BCUT2D eigenvalue weighted by atomic mass is 79.9. The van der Waals surface area contributed by atoms with E-state index in [1.807, 2.05) is 0 Å². The Balaban J connectivity index is 2.30. The molecule has 0 bridgehead atoms. The standard InChI is InChI=1S/C13H14BrFN2O3/c1-16-12(18)10-7-20-6-5-17(10)13(19)8-3-2-4-9(14)11(8)15/h2-4,10H,5-7H2,1H3,(H,16,18). The molecule has 20 heavy (non-hydrogen) atoms. The second-order valence-corrected chi connectivity index (χ2v) is 5.16. The Morgan fingerprint density at radius 1 is 1.50 bits per heavy atom. The largest absolute Gasteiger partial charge is 0.377 e. The minimum absolute atomic E-state index is 0.0600. The van der Waals surface area contributed by atoms with Gasteiger partial charge in [-0.2, -0.15) is 0 Å². The van der Waals surface area contributed by atoms with Gasteiger partial charge in [-0.15, -0.1) is 0 Å². The van der Waals surface area contributed by atoms with E-state index < -0.39 is 17.8 Å². The van der Waals surface area contributed by atoms with Crippen molar-refractivity contribution in [3.8, 4) is 0 Å². The Morgan fingerprint density at radius 3 is 2.95 bits per heavy atom. The van der Waals surface area contributed by atoms with Gasteiger partial charge in [-0.25, -0.2) is 4.39 Å². The molecule has 7 heteroatoms. The summed E-state index contributed by atoms with van der Waals surface area (Å²) in [5.41, 5.74) is -0.0600. The van der Waals surface area contributed by atoms with Crippen molar-refractivity contribution >= 4 is 27.7 Å². The molecule has 1 saturated heterocycles. The van der Waals surface area contributed by atoms with Crippen LogP contribution in [0.2, 0.25) is 0 Å². The smallest absolute Gasteiger partial charge is 0.257 e. The molecule has 1 atom stereocenters. The molecule has 1 aromatic rings. The van der Waals surface area contributed by atoms with Gasteiger partial charge in [0.15, 0.2) is 0 Å². The van der Waals surface area contributed by atoms with Crippen molar-refractivity contribution in [1.82, 2.24) is 10.2 Å². The van der Waals surface area contributed by atoms with Crippen LogP contribution in [0.25, 0.3) is 0 Å². The molecular weight excluding hydrogens is 331 g/mol. The van der Waals surface area contributed by atoms with E-state index in [0.717, 1.165) is 0 Å². The number of rotatable bonds is 2. The summed E-state index contributed by atoms with van der Waals surface area (Å²) in [6, 6.07) is 3.76. The van der Waals surface area contributed by atoms with Gasteiger partial charge in [0.25, 0.3) is 5.91 Å². The molecule has 108 valence electrons. The van der Waals surface area contributed by atoms with Crippen LogP contribution in [0.1, 0.15) is 10.4 Å². The van der Waals surface area contributed by atoms with Crippen LogP contribution in [-0.2, 0) is 9.53 Å². The first-order chi connectivity index (χ1) is 9.56. The number of amides is 2. The average molecular weight is 345 g/mol. The van der Waals surface area contributed by atoms with Gasteiger partial charge in [0.2, 0.25) is 5.91 Å². The number of likely N-dealkylation sites (N-methyl/N-ethyl adjacent to an activating group) is 1. The van der Waals surface area contributed by atoms with Crippen LogP contribution in [0.3, 0.4) is 0 Å². The maximum absolute atomic E-state index is 14.0. The van der Waals surface area contributed by atoms with E-state index in [-0.39, 0.29) is 29.1 Å². The minimum atomic E-state index is -0.736. The van der Waals surface area contributed by atoms with Gasteiger partial charge in [-0.1, -0.05) is 6.07 Å². The summed E-state index contributed by atoms with van der Waals surface area (Å²) in [6.45, 7) is 0.693. The average Bonchev–Trinajstić information content (AvgIpc) is 2.48. The van der Waals surface area contributed by atoms with Crippen LogP contribution in [0.15, 0.2) is 22.7 Å². The molecule has 1 aromatic carbocycles. The summed E-state index contributed by atoms with van der Waals surface area (Å²) < 4.78 is 19.4. The van der Waals surface area contributed by atoms with Crippen molar-refractivity contribution < 1.29 is 18.7 Å². The van der Waals surface area contributed by atoms with E-state index in [4.69, 9.17) is 4.74 Å². The van der Waals surface area contributed by atoms with Crippen LogP contribution in [-0.4, -0.2) is 49.6 Å². The van der Waals surface area contributed by atoms with E-state index in [9.17, 15) is 14.0 Å². The van der Waals surface area contributed by atoms with Crippen LogP contribution in [0.5, 0.6) is 0 Å². The first-order valence-electron chi connectivity index (χ1n) is 6.10. The Labute approximate surface area is 124 Å². The number of carbonyl (C=O) groups is 2. The van der Waals surface area contributed by atoms with Crippen molar-refractivity contribution in [2.45, 2.75) is 6.04 Å². The predicted octanol–water partition coefficient (Wildman–Crippen LogP) is 1.18. The van der Waals surface area contributed by atoms with Crippen molar-refractivity contribution in [3.63, 3.8) is 0 Å². The molecule has 0 aromatic heterocycles. The lowest BCUT2D eigenvalue weighted by Gasteiger charge is -2.34. The number of carbonyl (C=O) groups excluding carboxylic acids is 2. The molecule has 0 radical (unpaired) electrons. The van der Waals surface area contributed by atoms with Gasteiger partial charge < -0.3 is 15.0 Å². The molecule has 2 amide bonds. The van der Waals surface area contributed by atoms with Gasteiger partial charge in [-0.05, 0) is 28.1 Å². The van der Waals surface area contributed by atoms with Crippen molar-refractivity contribution in [1.29, 1.82) is 0 Å². The summed E-state index contributed by atoms with van der Waals surface area (Å²) >= 11 is 3.05. The SMILES string of the molecule is CNC(=O)C1COCCN1C(=O)c1cccc(Br)c1F. The van der Waals surface area contributed by atoms with E-state index in [2.05, 4.69) is 21.2 Å². The van der Waals surface area contributed by atoms with Gasteiger partial charge in [-0.3, -0.25) is 9.59 Å². The second-order valence-electron chi connectivity index (χ2n) is 4.30. The second kappa shape index (κ2) is 6.32. The molecule has 1 aliphatic rings. The highest BCUT2D eigenvalue weighted by molar-refractivity contribution is 9.10. The number of morpholine rings is 1. The Morgan fingerprint density at radius 2 is 2.25 bits per heavy atom. The third kappa shape index (κ3) is 2.83. The molecule has 2 rings (SSSR count). The zero-order valence-electron chi connectivity index (χ0n) is 10.9. The molecule has 0 saturated carbocycles. The first-order valence-corrected chi connectivity index (χ1v) is 6.90. The predicted molar refractivity (Wildman–Crippen MR) is 73.8 cm³/mol. The zero-order valence-corrected chi connectivity index (χ0v) is 12.4. The highest BCUT2D eigenvalue weighted by Gasteiger charge is 2.33. The number of nitrogens with one attached hydrogen (secondary N) is 1. The lowest BCUT2D eigenvalue weighted by atomic mass is 10.1. The molecule has 0 spiro atoms. The molecule has 1 fully saturated rings. The third-order valence-electron chi connectivity index (χ3n) is 3.12. The van der Waals surface area contributed by atoms with Crippen molar-refractivity contribution in [2.24, 2.45) is 0 Å². The maximum Gasteiger partial charge on any atom is 0.257 e. The molecule has 1 unspecified atom stereocenters. The van der Waals surface area contributed by atoms with Crippen LogP contribution in [0, 0.1) is 5.82 Å². The van der Waals surface area contributed by atoms with Gasteiger partial charge >= 0.3 is 0 Å². The molecule has 1 aliphatic heterocycles. The minimum Gasteiger partial charge on any atom is -0.377 e. The number of hydrogen-bond acceptors (Lipinski definition) is 3. The highest BCUT2D eigenvalue weighted by Crippen LogP contribution is 2.21. The number of ether oxygens (including phenoxy) is 1. The summed E-state index contributed by atoms with van der Waals surface area (Å²) in [4.78, 5) is 25.6. The number of hydrogen-bond donors (Lipinski definition) is 1. The summed E-state index contributed by atoms with van der Waals surface area (Å²) in [5, 5.41) is 2.48. The topological polar surface area (TPSA) is 58.6 Å². The summed E-state index contributed by atoms with van der Waals surface area (Å²) in [6.07, 6.45) is 0. The van der Waals surface area contributed by atoms with Crippen LogP contribution < -0.4 is 5.32 Å². The maximum atomic E-state index is 14.0.